The lowest BCUT2D eigenvalue weighted by Crippen LogP contribution is -2.34. The number of nitrogens with one attached hydrogen (secondary N) is 1. The molecule has 0 radical (unpaired) electrons. The number of benzene rings is 2. The van der Waals surface area contributed by atoms with E-state index in [9.17, 15) is 5.11 Å². The van der Waals surface area contributed by atoms with Gasteiger partial charge in [0.2, 0.25) is 0 Å². The topological polar surface area (TPSA) is 32.3 Å². The van der Waals surface area contributed by atoms with Crippen molar-refractivity contribution in [2.24, 2.45) is 0 Å². The first-order valence-electron chi connectivity index (χ1n) is 7.86. The summed E-state index contributed by atoms with van der Waals surface area (Å²) in [7, 11) is 0. The van der Waals surface area contributed by atoms with Crippen LogP contribution < -0.4 is 5.32 Å². The summed E-state index contributed by atoms with van der Waals surface area (Å²) < 4.78 is 0. The molecular formula is C19H23NO. The fourth-order valence-electron chi connectivity index (χ4n) is 3.19. The van der Waals surface area contributed by atoms with Crippen LogP contribution in [0.3, 0.4) is 0 Å². The minimum Gasteiger partial charge on any atom is -0.387 e. The number of hydrogen-bond acceptors (Lipinski definition) is 2. The number of aliphatic hydroxyl groups is 1. The maximum Gasteiger partial charge on any atom is 0.0943 e. The third-order valence-electron chi connectivity index (χ3n) is 4.42. The van der Waals surface area contributed by atoms with Crippen molar-refractivity contribution in [3.05, 3.63) is 71.8 Å². The largest absolute Gasteiger partial charge is 0.387 e. The van der Waals surface area contributed by atoms with Crippen LogP contribution in [0.2, 0.25) is 0 Å². The maximum absolute atomic E-state index is 10.5. The molecule has 0 amide bonds. The van der Waals surface area contributed by atoms with Crippen LogP contribution in [0.25, 0.3) is 0 Å². The van der Waals surface area contributed by atoms with E-state index in [-0.39, 0.29) is 6.04 Å². The van der Waals surface area contributed by atoms with Crippen LogP contribution in [0.1, 0.15) is 36.5 Å². The van der Waals surface area contributed by atoms with E-state index < -0.39 is 6.10 Å². The molecule has 2 aromatic rings. The van der Waals surface area contributed by atoms with Gasteiger partial charge in [0.15, 0.2) is 0 Å². The van der Waals surface area contributed by atoms with E-state index in [1.165, 1.54) is 5.56 Å². The van der Waals surface area contributed by atoms with Crippen molar-refractivity contribution < 1.29 is 5.11 Å². The highest BCUT2D eigenvalue weighted by Crippen LogP contribution is 2.26. The fourth-order valence-corrected chi connectivity index (χ4v) is 3.19. The molecule has 0 aliphatic carbocycles. The molecule has 0 spiro atoms. The van der Waals surface area contributed by atoms with Crippen molar-refractivity contribution in [2.45, 2.75) is 43.9 Å². The molecule has 1 fully saturated rings. The van der Waals surface area contributed by atoms with Crippen molar-refractivity contribution in [1.82, 2.24) is 5.32 Å². The molecule has 1 heterocycles. The highest BCUT2D eigenvalue weighted by atomic mass is 16.3. The van der Waals surface area contributed by atoms with Gasteiger partial charge >= 0.3 is 0 Å². The molecule has 2 nitrogen and oxygen atoms in total. The first-order chi connectivity index (χ1) is 10.3. The Balaban J connectivity index is 1.51. The lowest BCUT2D eigenvalue weighted by atomic mass is 10.0. The van der Waals surface area contributed by atoms with E-state index in [0.717, 1.165) is 31.2 Å². The summed E-state index contributed by atoms with van der Waals surface area (Å²) in [5, 5.41) is 14.1. The van der Waals surface area contributed by atoms with Gasteiger partial charge in [-0.15, -0.1) is 0 Å². The van der Waals surface area contributed by atoms with E-state index >= 15 is 0 Å². The predicted molar refractivity (Wildman–Crippen MR) is 86.1 cm³/mol. The van der Waals surface area contributed by atoms with E-state index in [1.54, 1.807) is 0 Å². The Morgan fingerprint density at radius 1 is 0.952 bits per heavy atom. The normalized spacial score (nSPS) is 23.1. The number of aliphatic hydroxyl groups excluding tert-OH is 1. The number of aryl methyl sites for hydroxylation is 1. The summed E-state index contributed by atoms with van der Waals surface area (Å²) in [4.78, 5) is 0. The van der Waals surface area contributed by atoms with Crippen LogP contribution in [0.15, 0.2) is 60.7 Å². The molecule has 2 aromatic carbocycles. The highest BCUT2D eigenvalue weighted by molar-refractivity contribution is 5.19. The molecule has 0 saturated carbocycles. The Morgan fingerprint density at radius 2 is 1.62 bits per heavy atom. The molecule has 1 unspecified atom stereocenters. The molecule has 3 atom stereocenters. The predicted octanol–water partition coefficient (Wildman–Crippen LogP) is 3.47. The van der Waals surface area contributed by atoms with Gasteiger partial charge in [0.05, 0.1) is 6.10 Å². The van der Waals surface area contributed by atoms with Crippen LogP contribution in [-0.2, 0) is 6.42 Å². The van der Waals surface area contributed by atoms with Crippen molar-refractivity contribution >= 4 is 0 Å². The second-order valence-electron chi connectivity index (χ2n) is 5.93. The maximum atomic E-state index is 10.5. The summed E-state index contributed by atoms with van der Waals surface area (Å²) >= 11 is 0. The first kappa shape index (κ1) is 14.3. The summed E-state index contributed by atoms with van der Waals surface area (Å²) in [6, 6.07) is 21.3. The third-order valence-corrected chi connectivity index (χ3v) is 4.42. The molecule has 2 N–H and O–H groups in total. The van der Waals surface area contributed by atoms with Crippen LogP contribution in [-0.4, -0.2) is 17.2 Å². The van der Waals surface area contributed by atoms with Gasteiger partial charge in [-0.1, -0.05) is 60.7 Å². The standard InChI is InChI=1S/C19H23NO/c21-19(16-9-5-2-6-10-16)18-14-13-17(20-18)12-11-15-7-3-1-4-8-15/h1-10,17-21H,11-14H2/t17-,18-,19?/m1/s1. The smallest absolute Gasteiger partial charge is 0.0943 e. The van der Waals surface area contributed by atoms with Crippen molar-refractivity contribution in [1.29, 1.82) is 0 Å². The molecule has 3 rings (SSSR count). The molecule has 0 bridgehead atoms. The first-order valence-corrected chi connectivity index (χ1v) is 7.86. The zero-order chi connectivity index (χ0) is 14.5. The fraction of sp³-hybridized carbons (Fsp3) is 0.368. The summed E-state index contributed by atoms with van der Waals surface area (Å²) in [5.74, 6) is 0. The summed E-state index contributed by atoms with van der Waals surface area (Å²) in [6.07, 6.45) is 4.05. The van der Waals surface area contributed by atoms with Crippen LogP contribution in [0.5, 0.6) is 0 Å². The van der Waals surface area contributed by atoms with Gasteiger partial charge in [0.1, 0.15) is 0 Å². The Hall–Kier alpha value is -1.64. The minimum atomic E-state index is -0.395. The Bertz CT molecular complexity index is 540. The van der Waals surface area contributed by atoms with E-state index in [2.05, 4.69) is 35.6 Å². The second-order valence-corrected chi connectivity index (χ2v) is 5.93. The molecular weight excluding hydrogens is 258 g/mol. The van der Waals surface area contributed by atoms with Gasteiger partial charge in [0.25, 0.3) is 0 Å². The lowest BCUT2D eigenvalue weighted by molar-refractivity contribution is 0.135. The molecule has 2 heteroatoms. The van der Waals surface area contributed by atoms with Gasteiger partial charge < -0.3 is 10.4 Å². The Morgan fingerprint density at radius 3 is 2.33 bits per heavy atom. The third kappa shape index (κ3) is 3.72. The molecule has 110 valence electrons. The Kier molecular flexibility index (Phi) is 4.69. The van der Waals surface area contributed by atoms with Crippen LogP contribution in [0.4, 0.5) is 0 Å². The number of hydrogen-bond donors (Lipinski definition) is 2. The average molecular weight is 281 g/mol. The van der Waals surface area contributed by atoms with Gasteiger partial charge in [-0.05, 0) is 36.8 Å². The monoisotopic (exact) mass is 281 g/mol. The van der Waals surface area contributed by atoms with Gasteiger partial charge in [-0.25, -0.2) is 0 Å². The van der Waals surface area contributed by atoms with Crippen LogP contribution >= 0.6 is 0 Å². The SMILES string of the molecule is OC(c1ccccc1)[C@H]1CC[C@@H](CCc2ccccc2)N1. The summed E-state index contributed by atoms with van der Waals surface area (Å²) in [6.45, 7) is 0. The van der Waals surface area contributed by atoms with E-state index in [0.29, 0.717) is 6.04 Å². The molecule has 1 aliphatic rings. The van der Waals surface area contributed by atoms with E-state index in [4.69, 9.17) is 0 Å². The molecule has 1 aliphatic heterocycles. The molecule has 21 heavy (non-hydrogen) atoms. The summed E-state index contributed by atoms with van der Waals surface area (Å²) in [5.41, 5.74) is 2.41. The molecule has 0 aromatic heterocycles. The second kappa shape index (κ2) is 6.88. The Labute approximate surface area is 126 Å². The van der Waals surface area contributed by atoms with Crippen molar-refractivity contribution in [3.63, 3.8) is 0 Å². The zero-order valence-corrected chi connectivity index (χ0v) is 12.3. The van der Waals surface area contributed by atoms with Crippen molar-refractivity contribution in [2.75, 3.05) is 0 Å². The van der Waals surface area contributed by atoms with Crippen molar-refractivity contribution in [3.8, 4) is 0 Å². The average Bonchev–Trinajstić information content (AvgIpc) is 3.03. The van der Waals surface area contributed by atoms with Gasteiger partial charge in [0, 0.05) is 12.1 Å². The minimum absolute atomic E-state index is 0.188. The molecule has 1 saturated heterocycles. The zero-order valence-electron chi connectivity index (χ0n) is 12.3. The van der Waals surface area contributed by atoms with Gasteiger partial charge in [-0.3, -0.25) is 0 Å². The quantitative estimate of drug-likeness (QED) is 0.879. The number of rotatable bonds is 5. The van der Waals surface area contributed by atoms with Gasteiger partial charge in [-0.2, -0.15) is 0 Å². The van der Waals surface area contributed by atoms with E-state index in [1.807, 2.05) is 30.3 Å². The van der Waals surface area contributed by atoms with Crippen LogP contribution in [0, 0.1) is 0 Å². The lowest BCUT2D eigenvalue weighted by Gasteiger charge is -2.20. The highest BCUT2D eigenvalue weighted by Gasteiger charge is 2.29.